The minimum Gasteiger partial charge on any atom is -0.507 e. The van der Waals surface area contributed by atoms with Crippen molar-refractivity contribution in [2.45, 2.75) is 39.5 Å². The van der Waals surface area contributed by atoms with Crippen molar-refractivity contribution in [1.82, 2.24) is 5.32 Å². The fraction of sp³-hybridized carbons (Fsp3) is 0.250. The molecule has 3 aromatic rings. The zero-order chi connectivity index (χ0) is 29.7. The van der Waals surface area contributed by atoms with Crippen LogP contribution in [0.2, 0.25) is 0 Å². The highest BCUT2D eigenvalue weighted by molar-refractivity contribution is 8.00. The van der Waals surface area contributed by atoms with Gasteiger partial charge in [0.15, 0.2) is 24.0 Å². The van der Waals surface area contributed by atoms with Crippen LogP contribution in [0.3, 0.4) is 0 Å². The van der Waals surface area contributed by atoms with Crippen LogP contribution in [0.15, 0.2) is 35.2 Å². The quantitative estimate of drug-likeness (QED) is 0.114. The first kappa shape index (κ1) is 30.0. The highest BCUT2D eigenvalue weighted by Crippen LogP contribution is 2.47. The summed E-state index contributed by atoms with van der Waals surface area (Å²) in [7, 11) is 0. The number of ether oxygens (including phenoxy) is 2. The molecule has 3 aromatic carbocycles. The average Bonchev–Trinajstić information content (AvgIpc) is 2.87. The second-order valence-electron chi connectivity index (χ2n) is 9.00. The van der Waals surface area contributed by atoms with Gasteiger partial charge in [-0.15, -0.1) is 11.8 Å². The molecular formula is C28H30N2O9S. The first-order valence-corrected chi connectivity index (χ1v) is 13.0. The van der Waals surface area contributed by atoms with Gasteiger partial charge in [-0.1, -0.05) is 17.7 Å². The van der Waals surface area contributed by atoms with Crippen molar-refractivity contribution in [3.63, 3.8) is 0 Å². The lowest BCUT2D eigenvalue weighted by atomic mass is 10.0. The third-order valence-electron chi connectivity index (χ3n) is 5.90. The van der Waals surface area contributed by atoms with Gasteiger partial charge in [0.1, 0.15) is 22.8 Å². The third kappa shape index (κ3) is 6.89. The van der Waals surface area contributed by atoms with E-state index in [9.17, 15) is 29.7 Å². The fourth-order valence-electron chi connectivity index (χ4n) is 3.76. The number of benzene rings is 3. The van der Waals surface area contributed by atoms with Crippen LogP contribution in [-0.2, 0) is 9.59 Å². The second-order valence-corrected chi connectivity index (χ2v) is 10.0. The number of nitrogens with one attached hydrogen (secondary N) is 2. The van der Waals surface area contributed by atoms with E-state index in [1.807, 2.05) is 26.0 Å². The number of rotatable bonds is 10. The topological polar surface area (TPSA) is 175 Å². The monoisotopic (exact) mass is 570 g/mol. The van der Waals surface area contributed by atoms with Crippen LogP contribution in [0.1, 0.15) is 39.5 Å². The average molecular weight is 571 g/mol. The van der Waals surface area contributed by atoms with Gasteiger partial charge < -0.3 is 40.5 Å². The third-order valence-corrected chi connectivity index (χ3v) is 6.93. The smallest absolute Gasteiger partial charge is 0.313 e. The minimum atomic E-state index is -1.13. The molecule has 0 radical (unpaired) electrons. The summed E-state index contributed by atoms with van der Waals surface area (Å²) in [5, 5.41) is 46.3. The van der Waals surface area contributed by atoms with Gasteiger partial charge in [-0.25, -0.2) is 0 Å². The maximum atomic E-state index is 13.3. The lowest BCUT2D eigenvalue weighted by Crippen LogP contribution is -2.28. The maximum Gasteiger partial charge on any atom is 0.313 e. The van der Waals surface area contributed by atoms with E-state index in [1.165, 1.54) is 26.8 Å². The van der Waals surface area contributed by atoms with E-state index < -0.39 is 40.6 Å². The predicted molar refractivity (Wildman–Crippen MR) is 149 cm³/mol. The van der Waals surface area contributed by atoms with Gasteiger partial charge in [0.25, 0.3) is 5.91 Å². The Labute approximate surface area is 234 Å². The molecule has 0 unspecified atom stereocenters. The van der Waals surface area contributed by atoms with Crippen LogP contribution in [0.25, 0.3) is 0 Å². The number of anilines is 1. The van der Waals surface area contributed by atoms with E-state index in [2.05, 4.69) is 10.6 Å². The standard InChI is InChI=1S/C28H30N2O9S/c1-13-6-7-20(14(2)8-13)38-12-29-28(37)24-25(35)15(3)16(4)26(36)27(24)39-21-10-22(40-11-23(33)34)19(32)9-18(21)30-17(5)31/h6-10,32,35-36H,11-12H2,1-5H3,(H,29,37)(H,30,31)(H,33,34). The summed E-state index contributed by atoms with van der Waals surface area (Å²) >= 11 is 0.792. The maximum absolute atomic E-state index is 13.3. The van der Waals surface area contributed by atoms with Gasteiger partial charge in [-0.3, -0.25) is 14.4 Å². The van der Waals surface area contributed by atoms with Gasteiger partial charge in [-0.2, -0.15) is 0 Å². The molecule has 11 nitrogen and oxygen atoms in total. The summed E-state index contributed by atoms with van der Waals surface area (Å²) in [6.45, 7) is 7.79. The first-order valence-electron chi connectivity index (χ1n) is 12.0. The van der Waals surface area contributed by atoms with E-state index in [0.29, 0.717) is 5.75 Å². The van der Waals surface area contributed by atoms with Crippen LogP contribution in [0, 0.1) is 27.7 Å². The Bertz CT molecular complexity index is 1490. The molecule has 0 aliphatic rings. The number of carboxylic acids is 1. The highest BCUT2D eigenvalue weighted by atomic mass is 32.2. The van der Waals surface area contributed by atoms with Crippen LogP contribution in [0.4, 0.5) is 5.69 Å². The summed E-state index contributed by atoms with van der Waals surface area (Å²) < 4.78 is 11.6. The van der Waals surface area contributed by atoms with Crippen molar-refractivity contribution in [3.05, 3.63) is 58.1 Å². The molecular weight excluding hydrogens is 540 g/mol. The molecule has 40 heavy (non-hydrogen) atoms. The van der Waals surface area contributed by atoms with Crippen LogP contribution >= 0.6 is 11.8 Å². The first-order chi connectivity index (χ1) is 18.8. The van der Waals surface area contributed by atoms with Crippen molar-refractivity contribution in [2.75, 3.05) is 17.8 Å². The molecule has 0 fully saturated rings. The number of hydrogen-bond acceptors (Lipinski definition) is 9. The molecule has 12 heteroatoms. The molecule has 0 spiro atoms. The molecule has 0 aromatic heterocycles. The Morgan fingerprint density at radius 2 is 1.60 bits per heavy atom. The number of hydrogen-bond donors (Lipinski definition) is 6. The molecule has 0 saturated heterocycles. The summed E-state index contributed by atoms with van der Waals surface area (Å²) in [6.07, 6.45) is 0. The van der Waals surface area contributed by atoms with Crippen LogP contribution < -0.4 is 20.1 Å². The van der Waals surface area contributed by atoms with Crippen LogP contribution in [-0.4, -0.2) is 50.7 Å². The molecule has 0 atom stereocenters. The van der Waals surface area contributed by atoms with Crippen molar-refractivity contribution < 1.29 is 44.3 Å². The van der Waals surface area contributed by atoms with E-state index in [0.717, 1.165) is 29.0 Å². The number of carbonyl (C=O) groups excluding carboxylic acids is 2. The number of aryl methyl sites for hydroxylation is 2. The molecule has 0 saturated carbocycles. The predicted octanol–water partition coefficient (Wildman–Crippen LogP) is 4.73. The second kappa shape index (κ2) is 12.5. The number of phenols is 3. The Morgan fingerprint density at radius 3 is 2.23 bits per heavy atom. The molecule has 2 amide bonds. The normalized spacial score (nSPS) is 10.6. The number of carboxylic acid groups (broad SMARTS) is 1. The molecule has 0 aliphatic carbocycles. The Kier molecular flexibility index (Phi) is 9.38. The van der Waals surface area contributed by atoms with Gasteiger partial charge in [0.05, 0.1) is 16.3 Å². The van der Waals surface area contributed by atoms with E-state index in [-0.39, 0.29) is 45.7 Å². The number of carbonyl (C=O) groups is 3. The molecule has 212 valence electrons. The van der Waals surface area contributed by atoms with Crippen molar-refractivity contribution in [1.29, 1.82) is 0 Å². The molecule has 6 N–H and O–H groups in total. The summed E-state index contributed by atoms with van der Waals surface area (Å²) in [5.41, 5.74) is 1.95. The molecule has 0 heterocycles. The van der Waals surface area contributed by atoms with Gasteiger partial charge in [0.2, 0.25) is 5.91 Å². The number of phenolic OH excluding ortho intramolecular Hbond substituents is 3. The van der Waals surface area contributed by atoms with E-state index in [1.54, 1.807) is 6.07 Å². The van der Waals surface area contributed by atoms with E-state index in [4.69, 9.17) is 14.6 Å². The van der Waals surface area contributed by atoms with Crippen molar-refractivity contribution >= 4 is 35.2 Å². The van der Waals surface area contributed by atoms with Crippen molar-refractivity contribution in [2.24, 2.45) is 0 Å². The minimum absolute atomic E-state index is 0.0219. The highest BCUT2D eigenvalue weighted by Gasteiger charge is 2.28. The molecule has 0 bridgehead atoms. The number of amides is 2. The summed E-state index contributed by atoms with van der Waals surface area (Å²) in [5.74, 6) is -4.06. The zero-order valence-corrected chi connectivity index (χ0v) is 23.4. The van der Waals surface area contributed by atoms with Gasteiger partial charge in [0, 0.05) is 24.6 Å². The molecule has 3 rings (SSSR count). The Morgan fingerprint density at radius 1 is 0.925 bits per heavy atom. The number of thioether (sulfide) groups is 1. The summed E-state index contributed by atoms with van der Waals surface area (Å²) in [4.78, 5) is 36.2. The SMILES string of the molecule is CC(=O)Nc1cc(O)c(SCC(=O)O)cc1Oc1c(O)c(C)c(C)c(O)c1C(=O)NCOc1ccc(C)cc1C. The van der Waals surface area contributed by atoms with Crippen LogP contribution in [0.5, 0.6) is 34.5 Å². The van der Waals surface area contributed by atoms with E-state index >= 15 is 0 Å². The lowest BCUT2D eigenvalue weighted by Gasteiger charge is -2.20. The summed E-state index contributed by atoms with van der Waals surface area (Å²) in [6, 6.07) is 7.94. The zero-order valence-electron chi connectivity index (χ0n) is 22.5. The van der Waals surface area contributed by atoms with Gasteiger partial charge in [-0.05, 0) is 44.9 Å². The van der Waals surface area contributed by atoms with Crippen molar-refractivity contribution in [3.8, 4) is 34.5 Å². The Hall–Kier alpha value is -4.58. The number of aliphatic carboxylic acids is 1. The fourth-order valence-corrected chi connectivity index (χ4v) is 4.44. The lowest BCUT2D eigenvalue weighted by molar-refractivity contribution is -0.133. The van der Waals surface area contributed by atoms with Gasteiger partial charge >= 0.3 is 5.97 Å². The number of aromatic hydroxyl groups is 3. The largest absolute Gasteiger partial charge is 0.507 e. The molecule has 0 aliphatic heterocycles. The Balaban J connectivity index is 2.02.